The third kappa shape index (κ3) is 3.00. The van der Waals surface area contributed by atoms with Gasteiger partial charge >= 0.3 is 0 Å². The number of allylic oxidation sites excluding steroid dienone is 1. The molecule has 0 N–H and O–H groups in total. The number of hydrogen-bond acceptors (Lipinski definition) is 2. The molecule has 0 aromatic carbocycles. The van der Waals surface area contributed by atoms with Gasteiger partial charge in [-0.25, -0.2) is 0 Å². The Balaban J connectivity index is 4.08. The minimum atomic E-state index is -2.55. The van der Waals surface area contributed by atoms with Gasteiger partial charge < -0.3 is 4.52 Å². The highest BCUT2D eigenvalue weighted by molar-refractivity contribution is 7.62. The second kappa shape index (κ2) is 4.48. The summed E-state index contributed by atoms with van der Waals surface area (Å²) in [5, 5.41) is 0. The topological polar surface area (TPSA) is 26.3 Å². The molecule has 0 radical (unpaired) electrons. The van der Waals surface area contributed by atoms with Gasteiger partial charge in [-0.1, -0.05) is 12.7 Å². The van der Waals surface area contributed by atoms with Gasteiger partial charge in [0.25, 0.3) is 0 Å². The minimum absolute atomic E-state index is 0.379. The lowest BCUT2D eigenvalue weighted by molar-refractivity contribution is 0.342. The first-order valence-electron chi connectivity index (χ1n) is 3.16. The van der Waals surface area contributed by atoms with Crippen molar-refractivity contribution in [2.75, 3.05) is 12.8 Å². The van der Waals surface area contributed by atoms with Crippen LogP contribution in [0.15, 0.2) is 25.1 Å². The second-order valence-corrected chi connectivity index (χ2v) is 4.24. The molecule has 0 saturated heterocycles. The van der Waals surface area contributed by atoms with Crippen LogP contribution in [0.1, 0.15) is 6.92 Å². The molecule has 0 rings (SSSR count). The summed E-state index contributed by atoms with van der Waals surface area (Å²) in [6, 6.07) is 0. The molecule has 58 valence electrons. The molecule has 2 nitrogen and oxygen atoms in total. The van der Waals surface area contributed by atoms with Crippen LogP contribution in [0.25, 0.3) is 0 Å². The van der Waals surface area contributed by atoms with E-state index in [2.05, 4.69) is 13.2 Å². The highest BCUT2D eigenvalue weighted by Gasteiger charge is 2.14. The number of rotatable bonds is 5. The summed E-state index contributed by atoms with van der Waals surface area (Å²) >= 11 is 0. The molecule has 0 aromatic heterocycles. The Hall–Kier alpha value is -0.330. The first-order chi connectivity index (χ1) is 4.68. The van der Waals surface area contributed by atoms with Gasteiger partial charge in [0, 0.05) is 6.16 Å². The van der Waals surface area contributed by atoms with Crippen LogP contribution < -0.4 is 0 Å². The maximum Gasteiger partial charge on any atom is 0.228 e. The summed E-state index contributed by atoms with van der Waals surface area (Å²) in [4.78, 5) is 0. The van der Waals surface area contributed by atoms with Crippen molar-refractivity contribution in [3.05, 3.63) is 25.1 Å². The van der Waals surface area contributed by atoms with Crippen molar-refractivity contribution in [3.63, 3.8) is 0 Å². The lowest BCUT2D eigenvalue weighted by atomic mass is 10.8. The molecule has 0 aliphatic heterocycles. The van der Waals surface area contributed by atoms with Crippen molar-refractivity contribution in [2.24, 2.45) is 0 Å². The van der Waals surface area contributed by atoms with Crippen LogP contribution >= 0.6 is 7.37 Å². The Morgan fingerprint density at radius 2 is 2.20 bits per heavy atom. The van der Waals surface area contributed by atoms with Crippen molar-refractivity contribution in [2.45, 2.75) is 6.92 Å². The molecular formula is C7H13O2P. The molecule has 1 atom stereocenters. The first-order valence-corrected chi connectivity index (χ1v) is 5.04. The van der Waals surface area contributed by atoms with Gasteiger partial charge in [0.2, 0.25) is 7.37 Å². The van der Waals surface area contributed by atoms with Crippen molar-refractivity contribution in [1.82, 2.24) is 0 Å². The molecule has 0 fully saturated rings. The molecule has 0 aliphatic rings. The van der Waals surface area contributed by atoms with Crippen LogP contribution in [0.2, 0.25) is 0 Å². The van der Waals surface area contributed by atoms with Crippen LogP contribution in [0, 0.1) is 0 Å². The average molecular weight is 160 g/mol. The van der Waals surface area contributed by atoms with E-state index in [1.165, 1.54) is 5.82 Å². The molecule has 0 spiro atoms. The van der Waals surface area contributed by atoms with Gasteiger partial charge in [-0.15, -0.1) is 6.58 Å². The van der Waals surface area contributed by atoms with Crippen molar-refractivity contribution in [3.8, 4) is 0 Å². The smallest absolute Gasteiger partial charge is 0.228 e. The molecule has 0 aliphatic carbocycles. The third-order valence-corrected chi connectivity index (χ3v) is 3.03. The minimum Gasteiger partial charge on any atom is -0.326 e. The maximum atomic E-state index is 11.4. The fraction of sp³-hybridized carbons (Fsp3) is 0.429. The van der Waals surface area contributed by atoms with Gasteiger partial charge in [-0.3, -0.25) is 4.57 Å². The number of hydrogen-bond donors (Lipinski definition) is 0. The lowest BCUT2D eigenvalue weighted by Gasteiger charge is -2.09. The fourth-order valence-electron chi connectivity index (χ4n) is 0.578. The van der Waals surface area contributed by atoms with Gasteiger partial charge in [-0.05, 0) is 12.7 Å². The summed E-state index contributed by atoms with van der Waals surface area (Å²) in [6.07, 6.45) is 1.96. The molecule has 0 heterocycles. The molecule has 3 heteroatoms. The zero-order valence-electron chi connectivity index (χ0n) is 6.25. The van der Waals surface area contributed by atoms with Crippen LogP contribution in [-0.2, 0) is 9.09 Å². The lowest BCUT2D eigenvalue weighted by Crippen LogP contribution is -1.89. The fourth-order valence-corrected chi connectivity index (χ4v) is 1.74. The molecule has 0 aromatic rings. The summed E-state index contributed by atoms with van der Waals surface area (Å²) in [7, 11) is -2.55. The summed E-state index contributed by atoms with van der Waals surface area (Å²) < 4.78 is 16.4. The molecule has 1 unspecified atom stereocenters. The molecule has 0 bridgehead atoms. The van der Waals surface area contributed by atoms with Crippen LogP contribution in [0.5, 0.6) is 0 Å². The Labute approximate surface area is 62.0 Å². The Morgan fingerprint density at radius 3 is 2.50 bits per heavy atom. The van der Waals surface area contributed by atoms with E-state index >= 15 is 0 Å². The zero-order chi connectivity index (χ0) is 8.04. The van der Waals surface area contributed by atoms with E-state index in [-0.39, 0.29) is 0 Å². The summed E-state index contributed by atoms with van der Waals surface area (Å²) in [6.45, 7) is 9.17. The molecule has 10 heavy (non-hydrogen) atoms. The normalized spacial score (nSPS) is 15.7. The summed E-state index contributed by atoms with van der Waals surface area (Å²) in [5.74, 6) is 1.37. The van der Waals surface area contributed by atoms with Gasteiger partial charge in [-0.2, -0.15) is 0 Å². The standard InChI is InChI=1S/C7H13O2P/c1-4-7-10(8,6-3)9-5-2/h4,6H,1,3,5,7H2,2H3. The largest absolute Gasteiger partial charge is 0.326 e. The van der Waals surface area contributed by atoms with Crippen LogP contribution in [-0.4, -0.2) is 12.8 Å². The Morgan fingerprint density at radius 1 is 1.60 bits per heavy atom. The first kappa shape index (κ1) is 9.67. The van der Waals surface area contributed by atoms with E-state index < -0.39 is 7.37 Å². The highest BCUT2D eigenvalue weighted by Crippen LogP contribution is 2.47. The third-order valence-electron chi connectivity index (χ3n) is 1.01. The predicted molar refractivity (Wildman–Crippen MR) is 44.5 cm³/mol. The SMILES string of the molecule is C=CCP(=O)(C=C)OCC. The van der Waals surface area contributed by atoms with Crippen LogP contribution in [0.3, 0.4) is 0 Å². The predicted octanol–water partition coefficient (Wildman–Crippen LogP) is 2.63. The highest BCUT2D eigenvalue weighted by atomic mass is 31.2. The quantitative estimate of drug-likeness (QED) is 0.456. The van der Waals surface area contributed by atoms with E-state index in [0.717, 1.165) is 0 Å². The molecule has 0 saturated carbocycles. The van der Waals surface area contributed by atoms with E-state index in [4.69, 9.17) is 4.52 Å². The van der Waals surface area contributed by atoms with Gasteiger partial charge in [0.15, 0.2) is 0 Å². The molecular weight excluding hydrogens is 147 g/mol. The second-order valence-electron chi connectivity index (χ2n) is 1.80. The zero-order valence-corrected chi connectivity index (χ0v) is 7.14. The van der Waals surface area contributed by atoms with E-state index in [9.17, 15) is 4.57 Å². The van der Waals surface area contributed by atoms with Gasteiger partial charge in [0.1, 0.15) is 0 Å². The summed E-state index contributed by atoms with van der Waals surface area (Å²) in [5.41, 5.74) is 0. The maximum absolute atomic E-state index is 11.4. The van der Waals surface area contributed by atoms with Crippen molar-refractivity contribution in [1.29, 1.82) is 0 Å². The average Bonchev–Trinajstić information content (AvgIpc) is 1.89. The van der Waals surface area contributed by atoms with Gasteiger partial charge in [0.05, 0.1) is 6.61 Å². The molecule has 0 amide bonds. The Bertz CT molecular complexity index is 163. The monoisotopic (exact) mass is 160 g/mol. The van der Waals surface area contributed by atoms with E-state index in [0.29, 0.717) is 12.8 Å². The Kier molecular flexibility index (Phi) is 4.33. The van der Waals surface area contributed by atoms with Crippen molar-refractivity contribution >= 4 is 7.37 Å². The van der Waals surface area contributed by atoms with Crippen molar-refractivity contribution < 1.29 is 9.09 Å². The van der Waals surface area contributed by atoms with E-state index in [1.807, 2.05) is 0 Å². The van der Waals surface area contributed by atoms with E-state index in [1.54, 1.807) is 13.0 Å². The van der Waals surface area contributed by atoms with Crippen LogP contribution in [0.4, 0.5) is 0 Å².